The molecule has 48 heavy (non-hydrogen) atoms. The Balaban J connectivity index is 1.59. The minimum atomic E-state index is -1.42. The van der Waals surface area contributed by atoms with Crippen molar-refractivity contribution in [3.05, 3.63) is 135 Å². The Kier molecular flexibility index (Phi) is 10.5. The molecule has 2 heterocycles. The summed E-state index contributed by atoms with van der Waals surface area (Å²) in [5.41, 5.74) is -0.548. The summed E-state index contributed by atoms with van der Waals surface area (Å²) < 4.78 is 30.9. The highest BCUT2D eigenvalue weighted by molar-refractivity contribution is 5.76. The average Bonchev–Trinajstić information content (AvgIpc) is 3.40. The number of carboxylic acid groups (broad SMARTS) is 1. The first-order valence-electron chi connectivity index (χ1n) is 15.1. The highest BCUT2D eigenvalue weighted by Gasteiger charge is 2.52. The zero-order valence-electron chi connectivity index (χ0n) is 26.1. The van der Waals surface area contributed by atoms with E-state index < -0.39 is 72.1 Å². The molecule has 0 saturated carbocycles. The number of carboxylic acids is 1. The Hall–Kier alpha value is -5.53. The van der Waals surface area contributed by atoms with Crippen LogP contribution in [-0.2, 0) is 38.9 Å². The zero-order chi connectivity index (χ0) is 34.3. The van der Waals surface area contributed by atoms with Crippen molar-refractivity contribution in [1.29, 1.82) is 0 Å². The molecular formula is C35H34N2O11. The molecular weight excluding hydrogens is 624 g/mol. The summed E-state index contributed by atoms with van der Waals surface area (Å²) in [6.07, 6.45) is -5.08. The molecule has 4 aromatic rings. The number of nitrogens with one attached hydrogen (secondary N) is 1. The van der Waals surface area contributed by atoms with Gasteiger partial charge in [0, 0.05) is 19.2 Å². The molecule has 0 amide bonds. The van der Waals surface area contributed by atoms with Crippen LogP contribution in [0.1, 0.15) is 42.7 Å². The third-order valence-corrected chi connectivity index (χ3v) is 7.84. The van der Waals surface area contributed by atoms with E-state index in [1.165, 1.54) is 0 Å². The van der Waals surface area contributed by atoms with E-state index >= 15 is 0 Å². The summed E-state index contributed by atoms with van der Waals surface area (Å²) >= 11 is 0. The highest BCUT2D eigenvalue weighted by atomic mass is 16.7. The molecule has 0 unspecified atom stereocenters. The number of carbonyl (C=O) groups is 3. The van der Waals surface area contributed by atoms with E-state index in [4.69, 9.17) is 28.8 Å². The Morgan fingerprint density at radius 1 is 0.833 bits per heavy atom. The number of aliphatic carboxylic acids is 1. The first-order chi connectivity index (χ1) is 23.1. The molecule has 250 valence electrons. The van der Waals surface area contributed by atoms with Crippen molar-refractivity contribution in [3.63, 3.8) is 0 Å². The Morgan fingerprint density at radius 2 is 1.44 bits per heavy atom. The molecule has 2 N–H and O–H groups in total. The molecule has 1 aliphatic rings. The van der Waals surface area contributed by atoms with E-state index in [1.807, 2.05) is 72.8 Å². The van der Waals surface area contributed by atoms with E-state index in [2.05, 4.69) is 4.98 Å². The predicted octanol–water partition coefficient (Wildman–Crippen LogP) is 3.16. The molecule has 13 heteroatoms. The Labute approximate surface area is 274 Å². The second kappa shape index (κ2) is 14.9. The van der Waals surface area contributed by atoms with Gasteiger partial charge in [-0.3, -0.25) is 28.7 Å². The molecule has 1 aromatic heterocycles. The van der Waals surface area contributed by atoms with Crippen molar-refractivity contribution in [2.75, 3.05) is 13.7 Å². The number of nitrogens with zero attached hydrogens (tertiary/aromatic N) is 1. The van der Waals surface area contributed by atoms with Crippen LogP contribution in [-0.4, -0.2) is 64.6 Å². The van der Waals surface area contributed by atoms with Gasteiger partial charge in [-0.05, 0) is 28.8 Å². The summed E-state index contributed by atoms with van der Waals surface area (Å²) in [6, 6.07) is 27.3. The minimum absolute atomic E-state index is 0.258. The molecule has 0 bridgehead atoms. The fourth-order valence-corrected chi connectivity index (χ4v) is 5.70. The largest absolute Gasteiger partial charge is 0.497 e. The fraction of sp³-hybridized carbons (Fsp3) is 0.286. The number of carbonyl (C=O) groups excluding carboxylic acids is 2. The topological polar surface area (TPSA) is 172 Å². The summed E-state index contributed by atoms with van der Waals surface area (Å²) in [5.74, 6) is -2.25. The lowest BCUT2D eigenvalue weighted by Crippen LogP contribution is -2.43. The van der Waals surface area contributed by atoms with Gasteiger partial charge in [-0.2, -0.15) is 0 Å². The molecule has 0 spiro atoms. The molecule has 4 atom stereocenters. The lowest BCUT2D eigenvalue weighted by molar-refractivity contribution is -0.168. The molecule has 3 aromatic carbocycles. The van der Waals surface area contributed by atoms with Crippen LogP contribution in [0.5, 0.6) is 5.75 Å². The first kappa shape index (κ1) is 33.8. The van der Waals surface area contributed by atoms with E-state index in [-0.39, 0.29) is 6.61 Å². The Morgan fingerprint density at radius 3 is 1.98 bits per heavy atom. The molecule has 13 nitrogen and oxygen atoms in total. The Bertz CT molecular complexity index is 1800. The standard InChI is InChI=1S/C35H34N2O11/c1-22(38)46-31-27(47-33(37-20-19-28(39)36-34(37)43)32(31)48-30(42)18-17-29(40)41)21-45-35(23-9-5-3-6-10-23,24-11-7-4-8-12-24)25-13-15-26(44-2)16-14-25/h3-16,19-20,27,31-33H,17-18,21H2,1-2H3,(H,40,41)(H,36,39,43)/t27-,31-,32-,33-/m1/s1. The molecule has 1 fully saturated rings. The van der Waals surface area contributed by atoms with Gasteiger partial charge in [0.25, 0.3) is 5.56 Å². The lowest BCUT2D eigenvalue weighted by atomic mass is 9.80. The fourth-order valence-electron chi connectivity index (χ4n) is 5.70. The van der Waals surface area contributed by atoms with Gasteiger partial charge in [-0.15, -0.1) is 0 Å². The van der Waals surface area contributed by atoms with E-state index in [0.717, 1.165) is 40.4 Å². The molecule has 1 saturated heterocycles. The number of esters is 2. The number of hydrogen-bond donors (Lipinski definition) is 2. The second-order valence-corrected chi connectivity index (χ2v) is 11.0. The van der Waals surface area contributed by atoms with E-state index in [1.54, 1.807) is 19.2 Å². The number of methoxy groups -OCH3 is 1. The van der Waals surface area contributed by atoms with Gasteiger partial charge < -0.3 is 28.8 Å². The number of aromatic nitrogens is 2. The van der Waals surface area contributed by atoms with Crippen molar-refractivity contribution >= 4 is 17.9 Å². The first-order valence-corrected chi connectivity index (χ1v) is 15.1. The van der Waals surface area contributed by atoms with Gasteiger partial charge in [0.05, 0.1) is 26.6 Å². The van der Waals surface area contributed by atoms with Gasteiger partial charge >= 0.3 is 23.6 Å². The average molecular weight is 659 g/mol. The van der Waals surface area contributed by atoms with Gasteiger partial charge in [-0.1, -0.05) is 72.8 Å². The number of aromatic amines is 1. The second-order valence-electron chi connectivity index (χ2n) is 11.0. The van der Waals surface area contributed by atoms with Crippen LogP contribution in [0.4, 0.5) is 0 Å². The number of hydrogen-bond acceptors (Lipinski definition) is 10. The maximum Gasteiger partial charge on any atom is 0.330 e. The highest BCUT2D eigenvalue weighted by Crippen LogP contribution is 2.43. The quantitative estimate of drug-likeness (QED) is 0.160. The third kappa shape index (κ3) is 7.37. The summed E-state index contributed by atoms with van der Waals surface area (Å²) in [5, 5.41) is 9.08. The minimum Gasteiger partial charge on any atom is -0.497 e. The smallest absolute Gasteiger partial charge is 0.330 e. The van der Waals surface area contributed by atoms with Crippen LogP contribution < -0.4 is 16.0 Å². The third-order valence-electron chi connectivity index (χ3n) is 7.84. The normalized spacial score (nSPS) is 19.0. The number of benzene rings is 3. The molecule has 1 aliphatic heterocycles. The van der Waals surface area contributed by atoms with E-state index in [0.29, 0.717) is 5.75 Å². The van der Waals surface area contributed by atoms with Crippen LogP contribution in [0.15, 0.2) is 107 Å². The maximum absolute atomic E-state index is 12.9. The van der Waals surface area contributed by atoms with E-state index in [9.17, 15) is 24.0 Å². The van der Waals surface area contributed by atoms with Gasteiger partial charge in [0.1, 0.15) is 17.5 Å². The van der Waals surface area contributed by atoms with Gasteiger partial charge in [-0.25, -0.2) is 4.79 Å². The van der Waals surface area contributed by atoms with Crippen molar-refractivity contribution < 1.29 is 43.2 Å². The van der Waals surface area contributed by atoms with Gasteiger partial charge in [0.15, 0.2) is 18.4 Å². The van der Waals surface area contributed by atoms with Crippen LogP contribution in [0.3, 0.4) is 0 Å². The summed E-state index contributed by atoms with van der Waals surface area (Å²) in [7, 11) is 1.56. The number of H-pyrrole nitrogens is 1. The molecule has 0 aliphatic carbocycles. The van der Waals surface area contributed by atoms with Crippen LogP contribution >= 0.6 is 0 Å². The van der Waals surface area contributed by atoms with Crippen molar-refractivity contribution in [1.82, 2.24) is 9.55 Å². The maximum atomic E-state index is 12.9. The van der Waals surface area contributed by atoms with Crippen LogP contribution in [0, 0.1) is 0 Å². The SMILES string of the molecule is COc1ccc(C(OC[C@H]2O[C@@H](n3ccc(=O)[nH]c3=O)[C@H](OC(=O)CCC(=O)O)[C@@H]2OC(C)=O)(c2ccccc2)c2ccccc2)cc1. The lowest BCUT2D eigenvalue weighted by Gasteiger charge is -2.37. The van der Waals surface area contributed by atoms with Crippen LogP contribution in [0.2, 0.25) is 0 Å². The number of ether oxygens (including phenoxy) is 5. The molecule has 0 radical (unpaired) electrons. The predicted molar refractivity (Wildman–Crippen MR) is 169 cm³/mol. The van der Waals surface area contributed by atoms with Crippen LogP contribution in [0.25, 0.3) is 0 Å². The summed E-state index contributed by atoms with van der Waals surface area (Å²) in [6.45, 7) is 0.905. The zero-order valence-corrected chi connectivity index (χ0v) is 26.1. The van der Waals surface area contributed by atoms with Gasteiger partial charge in [0.2, 0.25) is 0 Å². The molecule has 5 rings (SSSR count). The monoisotopic (exact) mass is 658 g/mol. The van der Waals surface area contributed by atoms with Crippen molar-refractivity contribution in [3.8, 4) is 5.75 Å². The van der Waals surface area contributed by atoms with Crippen molar-refractivity contribution in [2.24, 2.45) is 0 Å². The van der Waals surface area contributed by atoms with Crippen molar-refractivity contribution in [2.45, 2.75) is 49.9 Å². The number of rotatable bonds is 13. The summed E-state index contributed by atoms with van der Waals surface area (Å²) in [4.78, 5) is 63.2.